The van der Waals surface area contributed by atoms with E-state index in [1.165, 1.54) is 11.3 Å². The van der Waals surface area contributed by atoms with Crippen molar-refractivity contribution in [2.75, 3.05) is 18.6 Å². The Kier molecular flexibility index (Phi) is 5.62. The molecule has 0 saturated carbocycles. The molecule has 146 valence electrons. The monoisotopic (exact) mass is 421 g/mol. The molecule has 29 heavy (non-hydrogen) atoms. The van der Waals surface area contributed by atoms with Crippen LogP contribution in [-0.2, 0) is 6.42 Å². The predicted molar refractivity (Wildman–Crippen MR) is 120 cm³/mol. The maximum atomic E-state index is 13.1. The summed E-state index contributed by atoms with van der Waals surface area (Å²) in [5, 5.41) is 0.556. The van der Waals surface area contributed by atoms with Crippen molar-refractivity contribution in [3.05, 3.63) is 69.6 Å². The van der Waals surface area contributed by atoms with Crippen molar-refractivity contribution in [3.63, 3.8) is 0 Å². The van der Waals surface area contributed by atoms with E-state index < -0.39 is 0 Å². The fourth-order valence-corrected chi connectivity index (χ4v) is 4.79. The number of rotatable bonds is 2. The van der Waals surface area contributed by atoms with Gasteiger partial charge in [-0.15, -0.1) is 11.3 Å². The van der Waals surface area contributed by atoms with Crippen LogP contribution in [-0.4, -0.2) is 19.6 Å². The van der Waals surface area contributed by atoms with Crippen molar-refractivity contribution >= 4 is 34.5 Å². The molecule has 0 saturated heterocycles. The van der Waals surface area contributed by atoms with Gasteiger partial charge >= 0.3 is 0 Å². The van der Waals surface area contributed by atoms with Crippen LogP contribution in [0, 0.1) is 11.8 Å². The molecule has 3 aromatic rings. The number of hydrogen-bond donors (Lipinski definition) is 0. The van der Waals surface area contributed by atoms with E-state index in [4.69, 9.17) is 16.3 Å². The summed E-state index contributed by atoms with van der Waals surface area (Å²) >= 11 is 7.77. The average molecular weight is 422 g/mol. The summed E-state index contributed by atoms with van der Waals surface area (Å²) in [5.74, 6) is 7.00. The number of fused-ring (bicyclic) bond motifs is 3. The SMILES string of the molecule is CCC#Cc1ccc2c(c1)OCCc1cc(C(=O)N(C)c3ccccc3Cl)sc1-2. The first kappa shape index (κ1) is 19.6. The number of anilines is 1. The molecule has 0 radical (unpaired) electrons. The Labute approximate surface area is 179 Å². The molecule has 2 heterocycles. The van der Waals surface area contributed by atoms with Crippen LogP contribution in [0.15, 0.2) is 48.5 Å². The summed E-state index contributed by atoms with van der Waals surface area (Å²) in [4.78, 5) is 16.5. The third kappa shape index (κ3) is 3.89. The lowest BCUT2D eigenvalue weighted by atomic mass is 10.1. The molecule has 1 aromatic heterocycles. The Balaban J connectivity index is 1.70. The van der Waals surface area contributed by atoms with Gasteiger partial charge in [-0.3, -0.25) is 4.79 Å². The Morgan fingerprint density at radius 3 is 2.86 bits per heavy atom. The highest BCUT2D eigenvalue weighted by Crippen LogP contribution is 2.41. The number of halogens is 1. The molecule has 0 unspecified atom stereocenters. The summed E-state index contributed by atoms with van der Waals surface area (Å²) in [6, 6.07) is 15.4. The minimum absolute atomic E-state index is 0.0657. The van der Waals surface area contributed by atoms with Gasteiger partial charge in [-0.25, -0.2) is 0 Å². The summed E-state index contributed by atoms with van der Waals surface area (Å²) in [6.07, 6.45) is 1.58. The number of para-hydroxylation sites is 1. The van der Waals surface area contributed by atoms with Gasteiger partial charge in [0.15, 0.2) is 0 Å². The quantitative estimate of drug-likeness (QED) is 0.472. The van der Waals surface area contributed by atoms with Crippen molar-refractivity contribution in [1.82, 2.24) is 0 Å². The zero-order chi connectivity index (χ0) is 20.4. The second-order valence-electron chi connectivity index (χ2n) is 6.75. The summed E-state index contributed by atoms with van der Waals surface area (Å²) < 4.78 is 5.97. The van der Waals surface area contributed by atoms with Gasteiger partial charge in [0, 0.05) is 35.9 Å². The van der Waals surface area contributed by atoms with E-state index in [-0.39, 0.29) is 5.91 Å². The van der Waals surface area contributed by atoms with Gasteiger partial charge in [-0.1, -0.05) is 42.5 Å². The second kappa shape index (κ2) is 8.32. The molecule has 0 spiro atoms. The zero-order valence-corrected chi connectivity index (χ0v) is 17.9. The smallest absolute Gasteiger partial charge is 0.268 e. The minimum Gasteiger partial charge on any atom is -0.493 e. The van der Waals surface area contributed by atoms with Crippen LogP contribution in [0.3, 0.4) is 0 Å². The number of hydrogen-bond acceptors (Lipinski definition) is 3. The van der Waals surface area contributed by atoms with Crippen LogP contribution >= 0.6 is 22.9 Å². The molecule has 0 N–H and O–H groups in total. The molecule has 1 aliphatic rings. The Hall–Kier alpha value is -2.74. The van der Waals surface area contributed by atoms with E-state index in [1.54, 1.807) is 18.0 Å². The maximum absolute atomic E-state index is 13.1. The first-order valence-corrected chi connectivity index (χ1v) is 10.7. The molecule has 0 fully saturated rings. The number of nitrogens with zero attached hydrogens (tertiary/aromatic N) is 1. The molecule has 1 aliphatic heterocycles. The fourth-order valence-electron chi connectivity index (χ4n) is 3.31. The topological polar surface area (TPSA) is 29.5 Å². The van der Waals surface area contributed by atoms with Gasteiger partial charge in [-0.2, -0.15) is 0 Å². The number of ether oxygens (including phenoxy) is 1. The maximum Gasteiger partial charge on any atom is 0.268 e. The van der Waals surface area contributed by atoms with E-state index in [0.717, 1.165) is 40.2 Å². The highest BCUT2D eigenvalue weighted by Gasteiger charge is 2.24. The summed E-state index contributed by atoms with van der Waals surface area (Å²) in [6.45, 7) is 2.61. The van der Waals surface area contributed by atoms with E-state index in [1.807, 2.05) is 49.4 Å². The lowest BCUT2D eigenvalue weighted by Crippen LogP contribution is -2.25. The third-order valence-corrected chi connectivity index (χ3v) is 6.32. The lowest BCUT2D eigenvalue weighted by molar-refractivity contribution is 0.0997. The molecule has 5 heteroatoms. The van der Waals surface area contributed by atoms with Gasteiger partial charge in [0.1, 0.15) is 5.75 Å². The molecule has 2 aromatic carbocycles. The number of thiophene rings is 1. The van der Waals surface area contributed by atoms with Crippen molar-refractivity contribution in [1.29, 1.82) is 0 Å². The third-order valence-electron chi connectivity index (χ3n) is 4.80. The average Bonchev–Trinajstić information content (AvgIpc) is 3.08. The molecule has 3 nitrogen and oxygen atoms in total. The number of carbonyl (C=O) groups excluding carboxylic acids is 1. The molecular weight excluding hydrogens is 402 g/mol. The van der Waals surface area contributed by atoms with Crippen molar-refractivity contribution in [2.45, 2.75) is 19.8 Å². The van der Waals surface area contributed by atoms with Gasteiger partial charge in [-0.05, 0) is 42.0 Å². The van der Waals surface area contributed by atoms with Crippen LogP contribution in [0.5, 0.6) is 5.75 Å². The van der Waals surface area contributed by atoms with Crippen LogP contribution in [0.1, 0.15) is 34.1 Å². The normalized spacial score (nSPS) is 12.0. The van der Waals surface area contributed by atoms with Crippen molar-refractivity contribution in [3.8, 4) is 28.0 Å². The van der Waals surface area contributed by atoms with E-state index in [2.05, 4.69) is 11.8 Å². The minimum atomic E-state index is -0.0657. The largest absolute Gasteiger partial charge is 0.493 e. The first-order valence-electron chi connectivity index (χ1n) is 9.50. The van der Waals surface area contributed by atoms with Crippen molar-refractivity contribution < 1.29 is 9.53 Å². The summed E-state index contributed by atoms with van der Waals surface area (Å²) in [5.41, 5.74) is 3.80. The van der Waals surface area contributed by atoms with Crippen LogP contribution in [0.25, 0.3) is 10.4 Å². The molecule has 1 amide bonds. The van der Waals surface area contributed by atoms with E-state index >= 15 is 0 Å². The fraction of sp³-hybridized carbons (Fsp3) is 0.208. The van der Waals surface area contributed by atoms with Gasteiger partial charge < -0.3 is 9.64 Å². The Bertz CT molecular complexity index is 1140. The van der Waals surface area contributed by atoms with Gasteiger partial charge in [0.05, 0.1) is 22.2 Å². The van der Waals surface area contributed by atoms with Crippen LogP contribution in [0.2, 0.25) is 5.02 Å². The molecule has 0 atom stereocenters. The number of carbonyl (C=O) groups is 1. The highest BCUT2D eigenvalue weighted by atomic mass is 35.5. The van der Waals surface area contributed by atoms with Crippen LogP contribution < -0.4 is 9.64 Å². The molecule has 0 aliphatic carbocycles. The van der Waals surface area contributed by atoms with E-state index in [9.17, 15) is 4.79 Å². The Morgan fingerprint density at radius 2 is 2.07 bits per heavy atom. The molecule has 4 rings (SSSR count). The zero-order valence-electron chi connectivity index (χ0n) is 16.3. The highest BCUT2D eigenvalue weighted by molar-refractivity contribution is 7.17. The lowest BCUT2D eigenvalue weighted by Gasteiger charge is -2.17. The molecular formula is C24H20ClNO2S. The second-order valence-corrected chi connectivity index (χ2v) is 8.20. The number of amides is 1. The Morgan fingerprint density at radius 1 is 1.24 bits per heavy atom. The van der Waals surface area contributed by atoms with Crippen molar-refractivity contribution in [2.24, 2.45) is 0 Å². The standard InChI is InChI=1S/C24H20ClNO2S/c1-3-4-7-16-10-11-18-21(14-16)28-13-12-17-15-22(29-23(17)18)24(27)26(2)20-9-6-5-8-19(20)25/h5-6,8-11,14-15H,3,12-13H2,1-2H3. The van der Waals surface area contributed by atoms with Crippen LogP contribution in [0.4, 0.5) is 5.69 Å². The summed E-state index contributed by atoms with van der Waals surface area (Å²) in [7, 11) is 1.75. The van der Waals surface area contributed by atoms with E-state index in [0.29, 0.717) is 22.2 Å². The molecule has 0 bridgehead atoms. The van der Waals surface area contributed by atoms with Gasteiger partial charge in [0.2, 0.25) is 0 Å². The van der Waals surface area contributed by atoms with Gasteiger partial charge in [0.25, 0.3) is 5.91 Å². The predicted octanol–water partition coefficient (Wildman–Crippen LogP) is 6.04. The number of benzene rings is 2. The first-order chi connectivity index (χ1) is 14.1.